The van der Waals surface area contributed by atoms with Crippen molar-refractivity contribution in [3.05, 3.63) is 17.6 Å². The predicted octanol–water partition coefficient (Wildman–Crippen LogP) is 1.99. The number of anilines is 1. The van der Waals surface area contributed by atoms with Gasteiger partial charge in [0.2, 0.25) is 0 Å². The van der Waals surface area contributed by atoms with Crippen LogP contribution in [0.4, 0.5) is 5.82 Å². The minimum atomic E-state index is 0.800. The van der Waals surface area contributed by atoms with Crippen molar-refractivity contribution >= 4 is 5.82 Å². The number of nitrogens with one attached hydrogen (secondary N) is 1. The molecule has 0 bridgehead atoms. The average Bonchev–Trinajstić information content (AvgIpc) is 2.85. The van der Waals surface area contributed by atoms with Gasteiger partial charge in [-0.25, -0.2) is 9.97 Å². The number of aromatic nitrogens is 2. The van der Waals surface area contributed by atoms with Crippen LogP contribution in [0.2, 0.25) is 0 Å². The summed E-state index contributed by atoms with van der Waals surface area (Å²) in [6.07, 6.45) is 5.45. The highest BCUT2D eigenvalue weighted by molar-refractivity contribution is 5.50. The number of hydrogen-bond donors (Lipinski definition) is 1. The summed E-state index contributed by atoms with van der Waals surface area (Å²) in [6, 6.07) is 0. The maximum absolute atomic E-state index is 4.57. The van der Waals surface area contributed by atoms with E-state index >= 15 is 0 Å². The summed E-state index contributed by atoms with van der Waals surface area (Å²) < 4.78 is 0. The minimum Gasteiger partial charge on any atom is -0.356 e. The molecule has 1 saturated heterocycles. The first-order valence-corrected chi connectivity index (χ1v) is 7.52. The van der Waals surface area contributed by atoms with E-state index in [4.69, 9.17) is 0 Å². The van der Waals surface area contributed by atoms with Crippen LogP contribution in [-0.2, 0) is 13.0 Å². The van der Waals surface area contributed by atoms with Gasteiger partial charge in [0.15, 0.2) is 0 Å². The van der Waals surface area contributed by atoms with Gasteiger partial charge in [-0.05, 0) is 37.6 Å². The molecule has 1 N–H and O–H groups in total. The Balaban J connectivity index is 1.76. The van der Waals surface area contributed by atoms with Gasteiger partial charge in [-0.2, -0.15) is 0 Å². The monoisotopic (exact) mass is 260 g/mol. The summed E-state index contributed by atoms with van der Waals surface area (Å²) >= 11 is 0. The van der Waals surface area contributed by atoms with Crippen LogP contribution in [0, 0.1) is 11.8 Å². The Labute approximate surface area is 115 Å². The van der Waals surface area contributed by atoms with Crippen molar-refractivity contribution in [1.29, 1.82) is 0 Å². The normalized spacial score (nSPS) is 22.9. The number of rotatable bonds is 3. The van der Waals surface area contributed by atoms with Crippen LogP contribution in [0.25, 0.3) is 0 Å². The van der Waals surface area contributed by atoms with Gasteiger partial charge in [-0.3, -0.25) is 0 Å². The van der Waals surface area contributed by atoms with E-state index in [0.717, 1.165) is 37.9 Å². The molecular formula is C15H24N4. The third kappa shape index (κ3) is 2.73. The standard InChI is InChI=1S/C15H24N4/c1-11(2)7-12-4-6-19(9-12)15-13-3-5-16-8-14(13)17-10-18-15/h10-12,16H,3-9H2,1-2H3. The van der Waals surface area contributed by atoms with E-state index in [1.165, 1.54) is 36.5 Å². The molecule has 4 nitrogen and oxygen atoms in total. The molecule has 3 rings (SSSR count). The maximum Gasteiger partial charge on any atom is 0.135 e. The highest BCUT2D eigenvalue weighted by Crippen LogP contribution is 2.30. The van der Waals surface area contributed by atoms with E-state index < -0.39 is 0 Å². The van der Waals surface area contributed by atoms with E-state index in [1.807, 2.05) is 0 Å². The Bertz CT molecular complexity index is 444. The lowest BCUT2D eigenvalue weighted by atomic mass is 9.97. The second kappa shape index (κ2) is 5.45. The van der Waals surface area contributed by atoms with Gasteiger partial charge in [0.1, 0.15) is 12.1 Å². The quantitative estimate of drug-likeness (QED) is 0.902. The first kappa shape index (κ1) is 12.9. The Morgan fingerprint density at radius 2 is 2.32 bits per heavy atom. The predicted molar refractivity (Wildman–Crippen MR) is 77.2 cm³/mol. The molecule has 0 spiro atoms. The third-order valence-corrected chi connectivity index (χ3v) is 4.25. The second-order valence-corrected chi connectivity index (χ2v) is 6.28. The van der Waals surface area contributed by atoms with Gasteiger partial charge in [0.05, 0.1) is 5.69 Å². The van der Waals surface area contributed by atoms with Crippen molar-refractivity contribution in [2.75, 3.05) is 24.5 Å². The minimum absolute atomic E-state index is 0.800. The van der Waals surface area contributed by atoms with E-state index in [2.05, 4.69) is 34.0 Å². The summed E-state index contributed by atoms with van der Waals surface area (Å²) in [6.45, 7) is 8.93. The SMILES string of the molecule is CC(C)CC1CCN(c2ncnc3c2CCNC3)C1. The Kier molecular flexibility index (Phi) is 3.69. The van der Waals surface area contributed by atoms with Crippen LogP contribution < -0.4 is 10.2 Å². The van der Waals surface area contributed by atoms with E-state index in [9.17, 15) is 0 Å². The zero-order valence-electron chi connectivity index (χ0n) is 12.0. The molecule has 0 saturated carbocycles. The molecule has 0 amide bonds. The highest BCUT2D eigenvalue weighted by Gasteiger charge is 2.27. The van der Waals surface area contributed by atoms with Crippen molar-refractivity contribution in [3.63, 3.8) is 0 Å². The molecule has 1 aromatic rings. The highest BCUT2D eigenvalue weighted by atomic mass is 15.2. The van der Waals surface area contributed by atoms with Crippen LogP contribution in [0.1, 0.15) is 37.9 Å². The number of hydrogen-bond acceptors (Lipinski definition) is 4. The molecule has 19 heavy (non-hydrogen) atoms. The Morgan fingerprint density at radius 3 is 3.16 bits per heavy atom. The smallest absolute Gasteiger partial charge is 0.135 e. The van der Waals surface area contributed by atoms with E-state index in [0.29, 0.717) is 0 Å². The van der Waals surface area contributed by atoms with Crippen LogP contribution in [0.3, 0.4) is 0 Å². The van der Waals surface area contributed by atoms with E-state index in [1.54, 1.807) is 6.33 Å². The fourth-order valence-corrected chi connectivity index (χ4v) is 3.42. The van der Waals surface area contributed by atoms with Gasteiger partial charge < -0.3 is 10.2 Å². The second-order valence-electron chi connectivity index (χ2n) is 6.28. The molecule has 104 valence electrons. The fraction of sp³-hybridized carbons (Fsp3) is 0.733. The molecule has 1 atom stereocenters. The Morgan fingerprint density at radius 1 is 1.42 bits per heavy atom. The molecule has 0 radical (unpaired) electrons. The number of fused-ring (bicyclic) bond motifs is 1. The van der Waals surface area contributed by atoms with Crippen LogP contribution >= 0.6 is 0 Å². The molecular weight excluding hydrogens is 236 g/mol. The fourth-order valence-electron chi connectivity index (χ4n) is 3.42. The molecule has 1 fully saturated rings. The molecule has 1 unspecified atom stereocenters. The van der Waals surface area contributed by atoms with Crippen LogP contribution in [0.15, 0.2) is 6.33 Å². The van der Waals surface area contributed by atoms with Crippen LogP contribution in [0.5, 0.6) is 0 Å². The lowest BCUT2D eigenvalue weighted by Gasteiger charge is -2.25. The van der Waals surface area contributed by atoms with Gasteiger partial charge in [0.25, 0.3) is 0 Å². The molecule has 0 aliphatic carbocycles. The summed E-state index contributed by atoms with van der Waals surface area (Å²) in [7, 11) is 0. The molecule has 4 heteroatoms. The Hall–Kier alpha value is -1.16. The molecule has 0 aromatic carbocycles. The number of nitrogens with zero attached hydrogens (tertiary/aromatic N) is 3. The lowest BCUT2D eigenvalue weighted by molar-refractivity contribution is 0.441. The van der Waals surface area contributed by atoms with Crippen LogP contribution in [-0.4, -0.2) is 29.6 Å². The lowest BCUT2D eigenvalue weighted by Crippen LogP contribution is -2.29. The van der Waals surface area contributed by atoms with Crippen molar-refractivity contribution in [3.8, 4) is 0 Å². The van der Waals surface area contributed by atoms with Crippen molar-refractivity contribution < 1.29 is 0 Å². The summed E-state index contributed by atoms with van der Waals surface area (Å²) in [4.78, 5) is 11.5. The largest absolute Gasteiger partial charge is 0.356 e. The van der Waals surface area contributed by atoms with Crippen molar-refractivity contribution in [2.45, 2.75) is 39.7 Å². The zero-order valence-corrected chi connectivity index (χ0v) is 12.0. The summed E-state index contributed by atoms with van der Waals surface area (Å²) in [5, 5.41) is 3.38. The van der Waals surface area contributed by atoms with Crippen molar-refractivity contribution in [1.82, 2.24) is 15.3 Å². The van der Waals surface area contributed by atoms with Gasteiger partial charge >= 0.3 is 0 Å². The molecule has 1 aromatic heterocycles. The average molecular weight is 260 g/mol. The molecule has 2 aliphatic rings. The molecule has 3 heterocycles. The maximum atomic E-state index is 4.57. The van der Waals surface area contributed by atoms with E-state index in [-0.39, 0.29) is 0 Å². The molecule has 2 aliphatic heterocycles. The first-order chi connectivity index (χ1) is 9.24. The first-order valence-electron chi connectivity index (χ1n) is 7.52. The third-order valence-electron chi connectivity index (χ3n) is 4.25. The van der Waals surface area contributed by atoms with Gasteiger partial charge in [0, 0.05) is 25.2 Å². The van der Waals surface area contributed by atoms with Crippen molar-refractivity contribution in [2.24, 2.45) is 11.8 Å². The zero-order chi connectivity index (χ0) is 13.2. The summed E-state index contributed by atoms with van der Waals surface area (Å²) in [5.41, 5.74) is 2.58. The summed E-state index contributed by atoms with van der Waals surface area (Å²) in [5.74, 6) is 2.85. The topological polar surface area (TPSA) is 41.1 Å². The van der Waals surface area contributed by atoms with Gasteiger partial charge in [-0.1, -0.05) is 13.8 Å². The van der Waals surface area contributed by atoms with Gasteiger partial charge in [-0.15, -0.1) is 0 Å².